The molecule has 0 spiro atoms. The molecule has 0 aromatic rings. The highest BCUT2D eigenvalue weighted by molar-refractivity contribution is 5.92. The van der Waals surface area contributed by atoms with E-state index < -0.39 is 0 Å². The standard InChI is InChI=1S/C12H20O4/c1-10(11(2)13)9-15-7-5-4-6-8-16-12(3)14/h1,4-9H2,2-3H3. The van der Waals surface area contributed by atoms with Crippen LogP contribution in [0.5, 0.6) is 0 Å². The average molecular weight is 228 g/mol. The van der Waals surface area contributed by atoms with Gasteiger partial charge in [-0.1, -0.05) is 6.58 Å². The number of unbranched alkanes of at least 4 members (excludes halogenated alkanes) is 2. The van der Waals surface area contributed by atoms with Crippen LogP contribution in [0, 0.1) is 0 Å². The van der Waals surface area contributed by atoms with Crippen LogP contribution in [0.15, 0.2) is 12.2 Å². The molecule has 0 aliphatic carbocycles. The number of Topliss-reactive ketones (excluding diaryl/α,β-unsaturated/α-hetero) is 1. The molecule has 0 radical (unpaired) electrons. The summed E-state index contributed by atoms with van der Waals surface area (Å²) in [6.45, 7) is 7.84. The quantitative estimate of drug-likeness (QED) is 0.343. The Morgan fingerprint density at radius 1 is 1.06 bits per heavy atom. The summed E-state index contributed by atoms with van der Waals surface area (Å²) >= 11 is 0. The summed E-state index contributed by atoms with van der Waals surface area (Å²) in [7, 11) is 0. The molecule has 0 heterocycles. The smallest absolute Gasteiger partial charge is 0.302 e. The van der Waals surface area contributed by atoms with Gasteiger partial charge in [-0.15, -0.1) is 0 Å². The van der Waals surface area contributed by atoms with Crippen molar-refractivity contribution >= 4 is 11.8 Å². The maximum absolute atomic E-state index is 10.8. The normalized spacial score (nSPS) is 9.88. The van der Waals surface area contributed by atoms with Gasteiger partial charge >= 0.3 is 5.97 Å². The Kier molecular flexibility index (Phi) is 8.43. The fourth-order valence-electron chi connectivity index (χ4n) is 0.996. The summed E-state index contributed by atoms with van der Waals surface area (Å²) in [5.41, 5.74) is 0.500. The summed E-state index contributed by atoms with van der Waals surface area (Å²) in [6.07, 6.45) is 2.68. The Hall–Kier alpha value is -1.16. The fraction of sp³-hybridized carbons (Fsp3) is 0.667. The van der Waals surface area contributed by atoms with Crippen molar-refractivity contribution < 1.29 is 19.1 Å². The lowest BCUT2D eigenvalue weighted by molar-refractivity contribution is -0.141. The van der Waals surface area contributed by atoms with E-state index in [-0.39, 0.29) is 11.8 Å². The van der Waals surface area contributed by atoms with Gasteiger partial charge < -0.3 is 9.47 Å². The average Bonchev–Trinajstić information content (AvgIpc) is 2.21. The van der Waals surface area contributed by atoms with Crippen molar-refractivity contribution in [2.45, 2.75) is 33.1 Å². The largest absolute Gasteiger partial charge is 0.466 e. The van der Waals surface area contributed by atoms with Crippen molar-refractivity contribution in [3.63, 3.8) is 0 Å². The minimum absolute atomic E-state index is 0.0325. The van der Waals surface area contributed by atoms with Gasteiger partial charge in [0.15, 0.2) is 5.78 Å². The zero-order chi connectivity index (χ0) is 12.4. The van der Waals surface area contributed by atoms with Gasteiger partial charge in [-0.3, -0.25) is 9.59 Å². The van der Waals surface area contributed by atoms with Crippen LogP contribution in [0.1, 0.15) is 33.1 Å². The molecule has 0 aliphatic rings. The third-order valence-corrected chi connectivity index (χ3v) is 2.01. The first kappa shape index (κ1) is 14.8. The molecule has 92 valence electrons. The molecule has 0 rings (SSSR count). The van der Waals surface area contributed by atoms with Gasteiger partial charge in [-0.05, 0) is 26.2 Å². The number of carbonyl (C=O) groups is 2. The van der Waals surface area contributed by atoms with Gasteiger partial charge in [0.25, 0.3) is 0 Å². The predicted molar refractivity (Wildman–Crippen MR) is 61.1 cm³/mol. The van der Waals surface area contributed by atoms with Gasteiger partial charge in [-0.2, -0.15) is 0 Å². The van der Waals surface area contributed by atoms with E-state index in [2.05, 4.69) is 6.58 Å². The second kappa shape index (κ2) is 9.09. The van der Waals surface area contributed by atoms with Crippen LogP contribution in [-0.2, 0) is 19.1 Å². The van der Waals surface area contributed by atoms with Crippen LogP contribution in [0.3, 0.4) is 0 Å². The molecule has 0 unspecified atom stereocenters. The summed E-state index contributed by atoms with van der Waals surface area (Å²) < 4.78 is 10.0. The summed E-state index contributed by atoms with van der Waals surface area (Å²) in [5, 5.41) is 0. The number of hydrogen-bond donors (Lipinski definition) is 0. The molecule has 0 saturated heterocycles. The van der Waals surface area contributed by atoms with Gasteiger partial charge in [0.05, 0.1) is 13.2 Å². The second-order valence-corrected chi connectivity index (χ2v) is 3.61. The van der Waals surface area contributed by atoms with Crippen molar-refractivity contribution in [2.75, 3.05) is 19.8 Å². The van der Waals surface area contributed by atoms with Gasteiger partial charge in [0.1, 0.15) is 0 Å². The number of esters is 1. The topological polar surface area (TPSA) is 52.6 Å². The van der Waals surface area contributed by atoms with E-state index in [0.29, 0.717) is 25.4 Å². The third-order valence-electron chi connectivity index (χ3n) is 2.01. The lowest BCUT2D eigenvalue weighted by Gasteiger charge is -2.04. The number of hydrogen-bond acceptors (Lipinski definition) is 4. The Bertz CT molecular complexity index is 245. The molecule has 0 aromatic carbocycles. The van der Waals surface area contributed by atoms with E-state index in [1.165, 1.54) is 13.8 Å². The van der Waals surface area contributed by atoms with E-state index in [1.807, 2.05) is 0 Å². The van der Waals surface area contributed by atoms with E-state index in [4.69, 9.17) is 9.47 Å². The monoisotopic (exact) mass is 228 g/mol. The molecular formula is C12H20O4. The Morgan fingerprint density at radius 2 is 1.69 bits per heavy atom. The van der Waals surface area contributed by atoms with Gasteiger partial charge in [0.2, 0.25) is 0 Å². The molecule has 0 atom stereocenters. The molecule has 16 heavy (non-hydrogen) atoms. The fourth-order valence-corrected chi connectivity index (χ4v) is 0.996. The molecule has 0 bridgehead atoms. The molecule has 0 aromatic heterocycles. The van der Waals surface area contributed by atoms with E-state index >= 15 is 0 Å². The van der Waals surface area contributed by atoms with Crippen LogP contribution in [0.4, 0.5) is 0 Å². The first-order chi connectivity index (χ1) is 7.54. The summed E-state index contributed by atoms with van der Waals surface area (Å²) in [4.78, 5) is 21.2. The second-order valence-electron chi connectivity index (χ2n) is 3.61. The van der Waals surface area contributed by atoms with Crippen molar-refractivity contribution in [1.29, 1.82) is 0 Å². The zero-order valence-corrected chi connectivity index (χ0v) is 10.1. The SMILES string of the molecule is C=C(COCCCCCOC(C)=O)C(C)=O. The highest BCUT2D eigenvalue weighted by Gasteiger charge is 1.99. The summed E-state index contributed by atoms with van der Waals surface area (Å²) in [6, 6.07) is 0. The maximum atomic E-state index is 10.8. The first-order valence-corrected chi connectivity index (χ1v) is 5.44. The lowest BCUT2D eigenvalue weighted by Crippen LogP contribution is -2.06. The summed E-state index contributed by atoms with van der Waals surface area (Å²) in [5.74, 6) is -0.274. The molecule has 0 N–H and O–H groups in total. The van der Waals surface area contributed by atoms with Crippen LogP contribution in [0.2, 0.25) is 0 Å². The number of rotatable bonds is 9. The van der Waals surface area contributed by atoms with E-state index in [9.17, 15) is 9.59 Å². The molecule has 4 nitrogen and oxygen atoms in total. The Balaban J connectivity index is 3.19. The van der Waals surface area contributed by atoms with Crippen LogP contribution in [0.25, 0.3) is 0 Å². The van der Waals surface area contributed by atoms with Gasteiger partial charge in [0, 0.05) is 19.1 Å². The molecule has 0 amide bonds. The molecule has 0 fully saturated rings. The highest BCUT2D eigenvalue weighted by atomic mass is 16.5. The lowest BCUT2D eigenvalue weighted by atomic mass is 10.2. The molecular weight excluding hydrogens is 208 g/mol. The Morgan fingerprint density at radius 3 is 2.25 bits per heavy atom. The number of carbonyl (C=O) groups excluding carboxylic acids is 2. The minimum Gasteiger partial charge on any atom is -0.466 e. The van der Waals surface area contributed by atoms with Crippen molar-refractivity contribution in [3.05, 3.63) is 12.2 Å². The van der Waals surface area contributed by atoms with E-state index in [1.54, 1.807) is 0 Å². The Labute approximate surface area is 96.6 Å². The maximum Gasteiger partial charge on any atom is 0.302 e. The van der Waals surface area contributed by atoms with Crippen LogP contribution in [-0.4, -0.2) is 31.6 Å². The number of ketones is 1. The molecule has 0 aliphatic heterocycles. The van der Waals surface area contributed by atoms with Crippen molar-refractivity contribution in [1.82, 2.24) is 0 Å². The molecule has 4 heteroatoms. The van der Waals surface area contributed by atoms with Gasteiger partial charge in [-0.25, -0.2) is 0 Å². The van der Waals surface area contributed by atoms with Crippen LogP contribution >= 0.6 is 0 Å². The van der Waals surface area contributed by atoms with Crippen LogP contribution < -0.4 is 0 Å². The minimum atomic E-state index is -0.242. The predicted octanol–water partition coefficient (Wildman–Crippen LogP) is 1.88. The van der Waals surface area contributed by atoms with E-state index in [0.717, 1.165) is 19.3 Å². The van der Waals surface area contributed by atoms with Crippen molar-refractivity contribution in [3.8, 4) is 0 Å². The highest BCUT2D eigenvalue weighted by Crippen LogP contribution is 1.99. The zero-order valence-electron chi connectivity index (χ0n) is 10.1. The molecule has 0 saturated carbocycles. The first-order valence-electron chi connectivity index (χ1n) is 5.44. The number of ether oxygens (including phenoxy) is 2. The van der Waals surface area contributed by atoms with Crippen molar-refractivity contribution in [2.24, 2.45) is 0 Å². The third kappa shape index (κ3) is 9.40.